The SMILES string of the molecule is CC.CC.CC.CC1(C)CC=CC2=C(CCC(=O)CC2)C1.CCC.C\C=C/C(C)=C(C)/C=C\C(C)=O. The smallest absolute Gasteiger partial charge is 0.152 e. The van der Waals surface area contributed by atoms with Gasteiger partial charge in [0.05, 0.1) is 0 Å². The lowest BCUT2D eigenvalue weighted by Gasteiger charge is -2.23. The summed E-state index contributed by atoms with van der Waals surface area (Å²) in [5.74, 6) is 0.525. The summed E-state index contributed by atoms with van der Waals surface area (Å²) in [4.78, 5) is 22.0. The number of hydrogen-bond donors (Lipinski definition) is 0. The second-order valence-corrected chi connectivity index (χ2v) is 9.13. The van der Waals surface area contributed by atoms with Gasteiger partial charge in [0.15, 0.2) is 5.78 Å². The van der Waals surface area contributed by atoms with Crippen LogP contribution in [0.4, 0.5) is 0 Å². The third-order valence-electron chi connectivity index (χ3n) is 5.12. The van der Waals surface area contributed by atoms with E-state index in [4.69, 9.17) is 0 Å². The monoisotopic (exact) mass is 502 g/mol. The van der Waals surface area contributed by atoms with Crippen molar-refractivity contribution in [1.82, 2.24) is 0 Å². The van der Waals surface area contributed by atoms with Gasteiger partial charge in [0.2, 0.25) is 0 Å². The number of carbonyl (C=O) groups is 2. The van der Waals surface area contributed by atoms with Gasteiger partial charge in [-0.1, -0.05) is 112 Å². The maximum absolute atomic E-state index is 11.4. The normalized spacial score (nSPS) is 16.4. The molecule has 0 N–H and O–H groups in total. The summed E-state index contributed by atoms with van der Waals surface area (Å²) < 4.78 is 0. The second kappa shape index (κ2) is 27.6. The van der Waals surface area contributed by atoms with Crippen LogP contribution in [0.2, 0.25) is 0 Å². The predicted octanol–water partition coefficient (Wildman–Crippen LogP) is 11.3. The first-order chi connectivity index (χ1) is 17.1. The van der Waals surface area contributed by atoms with Crippen molar-refractivity contribution in [2.75, 3.05) is 0 Å². The van der Waals surface area contributed by atoms with Gasteiger partial charge in [0.1, 0.15) is 5.78 Å². The Kier molecular flexibility index (Phi) is 31.6. The minimum Gasteiger partial charge on any atom is -0.300 e. The summed E-state index contributed by atoms with van der Waals surface area (Å²) in [5.41, 5.74) is 5.69. The van der Waals surface area contributed by atoms with Crippen molar-refractivity contribution in [1.29, 1.82) is 0 Å². The maximum Gasteiger partial charge on any atom is 0.152 e. The molecule has 2 aliphatic rings. The van der Waals surface area contributed by atoms with E-state index in [2.05, 4.69) is 39.8 Å². The molecule has 2 nitrogen and oxygen atoms in total. The second-order valence-electron chi connectivity index (χ2n) is 9.13. The van der Waals surface area contributed by atoms with Crippen LogP contribution < -0.4 is 0 Å². The molecule has 0 aromatic rings. The first-order valence-electron chi connectivity index (χ1n) is 14.4. The predicted molar refractivity (Wildman–Crippen MR) is 166 cm³/mol. The van der Waals surface area contributed by atoms with Crippen molar-refractivity contribution < 1.29 is 9.59 Å². The Balaban J connectivity index is -0.000000219. The Hall–Kier alpha value is -1.96. The molecule has 0 spiro atoms. The van der Waals surface area contributed by atoms with Crippen LogP contribution in [0.25, 0.3) is 0 Å². The van der Waals surface area contributed by atoms with Crippen LogP contribution >= 0.6 is 0 Å². The molecule has 0 bridgehead atoms. The van der Waals surface area contributed by atoms with E-state index in [0.717, 1.165) is 37.7 Å². The highest BCUT2D eigenvalue weighted by Gasteiger charge is 2.24. The lowest BCUT2D eigenvalue weighted by atomic mass is 9.82. The zero-order valence-electron chi connectivity index (χ0n) is 26.7. The minimum atomic E-state index is 0.0858. The summed E-state index contributed by atoms with van der Waals surface area (Å²) in [7, 11) is 0. The van der Waals surface area contributed by atoms with Gasteiger partial charge in [-0.25, -0.2) is 0 Å². The summed E-state index contributed by atoms with van der Waals surface area (Å²) in [6.07, 6.45) is 19.1. The molecule has 2 rings (SSSR count). The quantitative estimate of drug-likeness (QED) is 0.284. The average molecular weight is 503 g/mol. The number of carbonyl (C=O) groups excluding carboxylic acids is 2. The lowest BCUT2D eigenvalue weighted by molar-refractivity contribution is -0.119. The van der Waals surface area contributed by atoms with E-state index in [-0.39, 0.29) is 5.78 Å². The van der Waals surface area contributed by atoms with Crippen LogP contribution in [0.5, 0.6) is 0 Å². The van der Waals surface area contributed by atoms with Gasteiger partial charge in [0, 0.05) is 12.8 Å². The highest BCUT2D eigenvalue weighted by atomic mass is 16.1. The zero-order chi connectivity index (χ0) is 29.2. The summed E-state index contributed by atoms with van der Waals surface area (Å²) in [5, 5.41) is 0. The lowest BCUT2D eigenvalue weighted by Crippen LogP contribution is -2.10. The molecular weight excluding hydrogens is 440 g/mol. The highest BCUT2D eigenvalue weighted by molar-refractivity contribution is 5.87. The van der Waals surface area contributed by atoms with E-state index in [0.29, 0.717) is 11.2 Å². The molecule has 0 saturated carbocycles. The van der Waals surface area contributed by atoms with Gasteiger partial charge in [-0.05, 0) is 81.6 Å². The highest BCUT2D eigenvalue weighted by Crippen LogP contribution is 2.38. The Labute approximate surface area is 227 Å². The van der Waals surface area contributed by atoms with Crippen molar-refractivity contribution in [3.05, 3.63) is 58.7 Å². The zero-order valence-corrected chi connectivity index (χ0v) is 26.7. The van der Waals surface area contributed by atoms with Crippen LogP contribution in [0, 0.1) is 5.41 Å². The van der Waals surface area contributed by atoms with Crippen molar-refractivity contribution in [2.24, 2.45) is 5.41 Å². The summed E-state index contributed by atoms with van der Waals surface area (Å²) >= 11 is 0. The fourth-order valence-corrected chi connectivity index (χ4v) is 3.36. The molecule has 2 aliphatic carbocycles. The van der Waals surface area contributed by atoms with Gasteiger partial charge in [0.25, 0.3) is 0 Å². The van der Waals surface area contributed by atoms with Crippen LogP contribution in [0.1, 0.15) is 142 Å². The number of Topliss-reactive ketones (excluding diaryl/α,β-unsaturated/α-hetero) is 1. The van der Waals surface area contributed by atoms with Gasteiger partial charge in [-0.15, -0.1) is 0 Å². The fourth-order valence-electron chi connectivity index (χ4n) is 3.36. The minimum absolute atomic E-state index is 0.0858. The van der Waals surface area contributed by atoms with Crippen molar-refractivity contribution >= 4 is 11.6 Å². The fraction of sp³-hybridized carbons (Fsp3) is 0.647. The van der Waals surface area contributed by atoms with E-state index in [1.807, 2.05) is 80.5 Å². The first kappa shape index (κ1) is 41.2. The molecule has 0 fully saturated rings. The molecule has 0 aliphatic heterocycles. The summed E-state index contributed by atoms with van der Waals surface area (Å²) in [6.45, 7) is 28.4. The average Bonchev–Trinajstić information content (AvgIpc) is 3.12. The van der Waals surface area contributed by atoms with Gasteiger partial charge in [-0.3, -0.25) is 9.59 Å². The molecular formula is C34H62O2. The maximum atomic E-state index is 11.4. The molecule has 36 heavy (non-hydrogen) atoms. The van der Waals surface area contributed by atoms with E-state index in [1.54, 1.807) is 18.6 Å². The largest absolute Gasteiger partial charge is 0.300 e. The standard InChI is InChI=1S/C14H20O.C11H16O.C3H8.3C2H6/c1-14(2)9-3-4-11-5-7-13(15)8-6-12(11)10-14;1-5-6-9(2)10(3)7-8-11(4)12;1-3-2;3*1-2/h3-4H,5-10H2,1-2H3;5-8H,1-4H3;3H2,1-2H3;3*1-2H3/b;6-5-,8-7-,10-9+;;;;. The van der Waals surface area contributed by atoms with E-state index in [9.17, 15) is 9.59 Å². The number of hydrogen-bond acceptors (Lipinski definition) is 2. The third kappa shape index (κ3) is 23.8. The van der Waals surface area contributed by atoms with Gasteiger partial charge >= 0.3 is 0 Å². The van der Waals surface area contributed by atoms with Crippen LogP contribution in [0.15, 0.2) is 58.7 Å². The first-order valence-corrected chi connectivity index (χ1v) is 14.4. The Morgan fingerprint density at radius 1 is 0.833 bits per heavy atom. The number of allylic oxidation sites excluding steroid dienone is 10. The van der Waals surface area contributed by atoms with Crippen LogP contribution in [0.3, 0.4) is 0 Å². The molecule has 210 valence electrons. The van der Waals surface area contributed by atoms with E-state index < -0.39 is 0 Å². The van der Waals surface area contributed by atoms with E-state index >= 15 is 0 Å². The molecule has 0 heterocycles. The molecule has 0 amide bonds. The Bertz CT molecular complexity index is 709. The third-order valence-corrected chi connectivity index (χ3v) is 5.12. The number of ketones is 2. The van der Waals surface area contributed by atoms with Crippen molar-refractivity contribution in [3.8, 4) is 0 Å². The van der Waals surface area contributed by atoms with E-state index in [1.165, 1.54) is 24.0 Å². The molecule has 0 unspecified atom stereocenters. The van der Waals surface area contributed by atoms with Crippen LogP contribution in [-0.2, 0) is 9.59 Å². The molecule has 0 aromatic heterocycles. The Morgan fingerprint density at radius 2 is 1.31 bits per heavy atom. The van der Waals surface area contributed by atoms with Crippen molar-refractivity contribution in [3.63, 3.8) is 0 Å². The molecule has 0 radical (unpaired) electrons. The molecule has 0 saturated heterocycles. The van der Waals surface area contributed by atoms with Gasteiger partial charge in [-0.2, -0.15) is 0 Å². The molecule has 2 heteroatoms. The molecule has 0 aromatic carbocycles. The summed E-state index contributed by atoms with van der Waals surface area (Å²) in [6, 6.07) is 0. The van der Waals surface area contributed by atoms with Crippen molar-refractivity contribution in [2.45, 2.75) is 142 Å². The number of rotatable bonds is 3. The Morgan fingerprint density at radius 3 is 1.78 bits per heavy atom. The topological polar surface area (TPSA) is 34.1 Å². The van der Waals surface area contributed by atoms with Crippen LogP contribution in [-0.4, -0.2) is 11.6 Å². The van der Waals surface area contributed by atoms with Gasteiger partial charge < -0.3 is 0 Å². The molecule has 0 atom stereocenters.